The number of anilines is 3. The predicted octanol–water partition coefficient (Wildman–Crippen LogP) is 4.68. The van der Waals surface area contributed by atoms with E-state index in [0.717, 1.165) is 29.4 Å². The Kier molecular flexibility index (Phi) is 6.00. The molecule has 0 radical (unpaired) electrons. The van der Waals surface area contributed by atoms with E-state index in [1.165, 1.54) is 6.07 Å². The van der Waals surface area contributed by atoms with Crippen molar-refractivity contribution in [2.45, 2.75) is 39.8 Å². The van der Waals surface area contributed by atoms with E-state index in [-0.39, 0.29) is 29.3 Å². The molecule has 9 heteroatoms. The van der Waals surface area contributed by atoms with Crippen LogP contribution in [0.4, 0.5) is 26.1 Å². The van der Waals surface area contributed by atoms with Gasteiger partial charge in [0.15, 0.2) is 17.4 Å². The minimum atomic E-state index is -0.641. The third-order valence-electron chi connectivity index (χ3n) is 6.47. The number of fused-ring (bicyclic) bond motifs is 2. The molecule has 0 fully saturated rings. The quantitative estimate of drug-likeness (QED) is 0.586. The van der Waals surface area contributed by atoms with Gasteiger partial charge in [0.25, 0.3) is 0 Å². The molecule has 1 aromatic heterocycles. The molecule has 0 spiro atoms. The Labute approximate surface area is 202 Å². The first-order chi connectivity index (χ1) is 16.8. The van der Waals surface area contributed by atoms with Crippen molar-refractivity contribution in [1.29, 1.82) is 0 Å². The van der Waals surface area contributed by atoms with Crippen LogP contribution in [-0.2, 0) is 17.8 Å². The minimum absolute atomic E-state index is 0.00791. The van der Waals surface area contributed by atoms with Crippen molar-refractivity contribution in [3.8, 4) is 17.0 Å². The number of ether oxygens (including phenoxy) is 1. The maximum Gasteiger partial charge on any atom is 0.227 e. The molecule has 7 nitrogen and oxygen atoms in total. The third kappa shape index (κ3) is 4.50. The van der Waals surface area contributed by atoms with Crippen molar-refractivity contribution >= 4 is 23.2 Å². The highest BCUT2D eigenvalue weighted by atomic mass is 19.1. The normalized spacial score (nSPS) is 14.9. The maximum absolute atomic E-state index is 14.9. The Morgan fingerprint density at radius 2 is 1.94 bits per heavy atom. The highest BCUT2D eigenvalue weighted by Crippen LogP contribution is 2.39. The van der Waals surface area contributed by atoms with Crippen LogP contribution >= 0.6 is 0 Å². The summed E-state index contributed by atoms with van der Waals surface area (Å²) in [5.74, 6) is -0.745. The second-order valence-corrected chi connectivity index (χ2v) is 9.13. The van der Waals surface area contributed by atoms with Gasteiger partial charge in [-0.1, -0.05) is 6.07 Å². The molecule has 2 aliphatic heterocycles. The molecule has 2 aromatic carbocycles. The number of hydrogen-bond acceptors (Lipinski definition) is 6. The zero-order valence-corrected chi connectivity index (χ0v) is 19.9. The first kappa shape index (κ1) is 23.0. The molecule has 1 amide bonds. The molecule has 3 aromatic rings. The zero-order chi connectivity index (χ0) is 24.7. The van der Waals surface area contributed by atoms with E-state index in [2.05, 4.69) is 15.3 Å². The first-order valence-electron chi connectivity index (χ1n) is 11.7. The van der Waals surface area contributed by atoms with Gasteiger partial charge in [0, 0.05) is 37.3 Å². The van der Waals surface area contributed by atoms with Crippen LogP contribution in [0.25, 0.3) is 11.3 Å². The molecule has 2 aliphatic rings. The minimum Gasteiger partial charge on any atom is -0.486 e. The summed E-state index contributed by atoms with van der Waals surface area (Å²) >= 11 is 0. The Balaban J connectivity index is 1.44. The van der Waals surface area contributed by atoms with E-state index in [0.29, 0.717) is 37.5 Å². The van der Waals surface area contributed by atoms with Crippen LogP contribution in [0.15, 0.2) is 36.5 Å². The summed E-state index contributed by atoms with van der Waals surface area (Å²) in [6, 6.07) is 8.94. The summed E-state index contributed by atoms with van der Waals surface area (Å²) in [4.78, 5) is 24.0. The summed E-state index contributed by atoms with van der Waals surface area (Å²) in [7, 11) is 0. The zero-order valence-electron chi connectivity index (χ0n) is 19.9. The summed E-state index contributed by atoms with van der Waals surface area (Å²) in [6.07, 6.45) is 1.84. The number of aromatic nitrogens is 2. The molecule has 3 heterocycles. The number of hydrogen-bond donors (Lipinski definition) is 1. The van der Waals surface area contributed by atoms with Gasteiger partial charge < -0.3 is 19.9 Å². The van der Waals surface area contributed by atoms with E-state index < -0.39 is 11.6 Å². The lowest BCUT2D eigenvalue weighted by Gasteiger charge is -2.34. The van der Waals surface area contributed by atoms with Gasteiger partial charge in [0.05, 0.1) is 18.4 Å². The predicted molar refractivity (Wildman–Crippen MR) is 130 cm³/mol. The highest BCUT2D eigenvalue weighted by Gasteiger charge is 2.26. The van der Waals surface area contributed by atoms with Gasteiger partial charge in [-0.2, -0.15) is 0 Å². The van der Waals surface area contributed by atoms with Crippen LogP contribution in [0.3, 0.4) is 0 Å². The standard InChI is InChI=1S/C26H27F2N5O2/c1-15(2)33-8-9-35-25-21(27)11-19(12-23(25)33)24-22(28)13-29-26(31-24)30-20-5-4-18-14-32(16(3)34)7-6-17(18)10-20/h4-5,10-13,15H,6-9,14H2,1-3H3,(H,29,30,31). The van der Waals surface area contributed by atoms with E-state index in [1.807, 2.05) is 41.8 Å². The van der Waals surface area contributed by atoms with Crippen molar-refractivity contribution in [2.24, 2.45) is 0 Å². The molecule has 5 rings (SSSR count). The van der Waals surface area contributed by atoms with Gasteiger partial charge in [0.2, 0.25) is 11.9 Å². The summed E-state index contributed by atoms with van der Waals surface area (Å²) in [5, 5.41) is 3.13. The van der Waals surface area contributed by atoms with Gasteiger partial charge in [-0.15, -0.1) is 0 Å². The molecule has 35 heavy (non-hydrogen) atoms. The third-order valence-corrected chi connectivity index (χ3v) is 6.47. The van der Waals surface area contributed by atoms with Gasteiger partial charge in [-0.3, -0.25) is 4.79 Å². The largest absolute Gasteiger partial charge is 0.486 e. The van der Waals surface area contributed by atoms with Crippen LogP contribution in [-0.4, -0.2) is 46.5 Å². The van der Waals surface area contributed by atoms with E-state index in [4.69, 9.17) is 4.74 Å². The van der Waals surface area contributed by atoms with Crippen molar-refractivity contribution in [3.63, 3.8) is 0 Å². The topological polar surface area (TPSA) is 70.6 Å². The van der Waals surface area contributed by atoms with Crippen molar-refractivity contribution in [1.82, 2.24) is 14.9 Å². The summed E-state index contributed by atoms with van der Waals surface area (Å²) < 4.78 is 35.2. The molecular formula is C26H27F2N5O2. The Hall–Kier alpha value is -3.75. The SMILES string of the molecule is CC(=O)N1CCc2cc(Nc3ncc(F)c(-c4cc(F)c5c(c4)N(C(C)C)CCO5)n3)ccc2C1. The fraction of sp³-hybridized carbons (Fsp3) is 0.346. The number of halogens is 2. The number of carbonyl (C=O) groups is 1. The van der Waals surface area contributed by atoms with E-state index in [9.17, 15) is 13.6 Å². The fourth-order valence-electron chi connectivity index (χ4n) is 4.63. The molecule has 0 aliphatic carbocycles. The van der Waals surface area contributed by atoms with Crippen molar-refractivity contribution in [2.75, 3.05) is 29.9 Å². The first-order valence-corrected chi connectivity index (χ1v) is 11.7. The Morgan fingerprint density at radius 1 is 1.11 bits per heavy atom. The molecule has 0 unspecified atom stereocenters. The second-order valence-electron chi connectivity index (χ2n) is 9.13. The van der Waals surface area contributed by atoms with Gasteiger partial charge in [0.1, 0.15) is 12.3 Å². The lowest BCUT2D eigenvalue weighted by Crippen LogP contribution is -2.38. The Bertz CT molecular complexity index is 1300. The van der Waals surface area contributed by atoms with E-state index in [1.54, 1.807) is 13.0 Å². The average molecular weight is 480 g/mol. The number of rotatable bonds is 4. The summed E-state index contributed by atoms with van der Waals surface area (Å²) in [6.45, 7) is 7.88. The lowest BCUT2D eigenvalue weighted by atomic mass is 9.99. The second kappa shape index (κ2) is 9.13. The van der Waals surface area contributed by atoms with Crippen molar-refractivity contribution in [3.05, 3.63) is 59.3 Å². The van der Waals surface area contributed by atoms with E-state index >= 15 is 0 Å². The van der Waals surface area contributed by atoms with Crippen LogP contribution in [0.5, 0.6) is 5.75 Å². The number of carbonyl (C=O) groups excluding carboxylic acids is 1. The lowest BCUT2D eigenvalue weighted by molar-refractivity contribution is -0.129. The maximum atomic E-state index is 14.9. The molecule has 0 bridgehead atoms. The summed E-state index contributed by atoms with van der Waals surface area (Å²) in [5.41, 5.74) is 3.90. The number of nitrogens with one attached hydrogen (secondary N) is 1. The fourth-order valence-corrected chi connectivity index (χ4v) is 4.63. The number of benzene rings is 2. The smallest absolute Gasteiger partial charge is 0.227 e. The van der Waals surface area contributed by atoms with Gasteiger partial charge in [-0.05, 0) is 55.7 Å². The van der Waals surface area contributed by atoms with Gasteiger partial charge in [-0.25, -0.2) is 18.7 Å². The molecule has 0 atom stereocenters. The van der Waals surface area contributed by atoms with Crippen LogP contribution in [0, 0.1) is 11.6 Å². The highest BCUT2D eigenvalue weighted by molar-refractivity contribution is 5.74. The molecule has 0 saturated carbocycles. The molecule has 0 saturated heterocycles. The number of nitrogens with zero attached hydrogens (tertiary/aromatic N) is 4. The van der Waals surface area contributed by atoms with Crippen LogP contribution in [0.1, 0.15) is 31.9 Å². The Morgan fingerprint density at radius 3 is 2.71 bits per heavy atom. The van der Waals surface area contributed by atoms with Crippen LogP contribution in [0.2, 0.25) is 0 Å². The molecule has 182 valence electrons. The molecule has 1 N–H and O–H groups in total. The molecular weight excluding hydrogens is 452 g/mol. The van der Waals surface area contributed by atoms with Crippen LogP contribution < -0.4 is 15.0 Å². The van der Waals surface area contributed by atoms with Gasteiger partial charge >= 0.3 is 0 Å². The van der Waals surface area contributed by atoms with Crippen molar-refractivity contribution < 1.29 is 18.3 Å². The average Bonchev–Trinajstić information content (AvgIpc) is 2.84. The number of amides is 1. The monoisotopic (exact) mass is 479 g/mol.